The molecule has 500 valence electrons. The summed E-state index contributed by atoms with van der Waals surface area (Å²) in [5, 5.41) is 69.6. The minimum absolute atomic E-state index is 0.0179. The van der Waals surface area contributed by atoms with Crippen molar-refractivity contribution in [3.63, 3.8) is 0 Å². The van der Waals surface area contributed by atoms with Crippen molar-refractivity contribution in [2.45, 2.75) is 250 Å². The zero-order valence-electron chi connectivity index (χ0n) is 54.5. The Kier molecular flexibility index (Phi) is 17.9. The average Bonchev–Trinajstić information content (AvgIpc) is 1.45. The molecule has 13 fully saturated rings. The van der Waals surface area contributed by atoms with Gasteiger partial charge in [0.1, 0.15) is 36.4 Å². The molecule has 0 aliphatic heterocycles. The predicted molar refractivity (Wildman–Crippen MR) is 335 cm³/mol. The molecule has 13 saturated carbocycles. The first kappa shape index (κ1) is 64.7. The molecule has 16 rings (SSSR count). The van der Waals surface area contributed by atoms with E-state index < -0.39 is 23.2 Å². The van der Waals surface area contributed by atoms with Crippen LogP contribution in [0.15, 0.2) is 19.0 Å². The summed E-state index contributed by atoms with van der Waals surface area (Å²) in [7, 11) is 0. The summed E-state index contributed by atoms with van der Waals surface area (Å²) < 4.78 is 26.8. The fourth-order valence-electron chi connectivity index (χ4n) is 24.8. The lowest BCUT2D eigenvalue weighted by molar-refractivity contribution is -0.160. The van der Waals surface area contributed by atoms with Crippen molar-refractivity contribution in [1.29, 1.82) is 0 Å². The molecular formula is C71H99ClF2N12O6. The number of Topliss-reactive ketones (excluding diaryl/α,β-unsaturated/α-hetero) is 3. The molecule has 0 unspecified atom stereocenters. The van der Waals surface area contributed by atoms with Crippen LogP contribution >= 0.6 is 11.6 Å². The Hall–Kier alpha value is -4.63. The third-order valence-electron chi connectivity index (χ3n) is 29.1. The van der Waals surface area contributed by atoms with Crippen LogP contribution in [0.2, 0.25) is 0 Å². The van der Waals surface area contributed by atoms with Crippen LogP contribution in [0.25, 0.3) is 0 Å². The molecule has 3 heterocycles. The van der Waals surface area contributed by atoms with Crippen molar-refractivity contribution in [2.24, 2.45) is 129 Å². The Labute approximate surface area is 546 Å². The number of nitrogens with zero attached hydrogens (tertiary/aromatic N) is 12. The first-order valence-electron chi connectivity index (χ1n) is 36.0. The van der Waals surface area contributed by atoms with Crippen LogP contribution in [0.3, 0.4) is 0 Å². The molecule has 0 aromatic carbocycles. The average molecular weight is 1290 g/mol. The van der Waals surface area contributed by atoms with Gasteiger partial charge >= 0.3 is 0 Å². The Morgan fingerprint density at radius 1 is 0.457 bits per heavy atom. The molecule has 0 spiro atoms. The van der Waals surface area contributed by atoms with Crippen LogP contribution in [0.5, 0.6) is 0 Å². The second-order valence-electron chi connectivity index (χ2n) is 33.1. The summed E-state index contributed by atoms with van der Waals surface area (Å²) in [5.41, 5.74) is -3.16. The monoisotopic (exact) mass is 1290 g/mol. The zero-order valence-corrected chi connectivity index (χ0v) is 55.2. The van der Waals surface area contributed by atoms with Crippen molar-refractivity contribution in [1.82, 2.24) is 60.6 Å². The first-order valence-corrected chi connectivity index (χ1v) is 36.4. The highest BCUT2D eigenvalue weighted by Gasteiger charge is 2.63. The van der Waals surface area contributed by atoms with Gasteiger partial charge in [-0.05, 0) is 318 Å². The van der Waals surface area contributed by atoms with Crippen LogP contribution in [-0.4, -0.2) is 117 Å². The highest BCUT2D eigenvalue weighted by molar-refractivity contribution is 6.30. The Morgan fingerprint density at radius 2 is 0.815 bits per heavy atom. The van der Waals surface area contributed by atoms with Crippen LogP contribution in [0, 0.1) is 152 Å². The van der Waals surface area contributed by atoms with E-state index in [0.29, 0.717) is 59.2 Å². The summed E-state index contributed by atoms with van der Waals surface area (Å²) in [6, 6.07) is 0. The van der Waals surface area contributed by atoms with Gasteiger partial charge in [-0.15, -0.1) is 30.6 Å². The van der Waals surface area contributed by atoms with Gasteiger partial charge in [0, 0.05) is 29.1 Å². The Bertz CT molecular complexity index is 3260. The highest BCUT2D eigenvalue weighted by atomic mass is 35.5. The van der Waals surface area contributed by atoms with Gasteiger partial charge in [0.15, 0.2) is 36.3 Å². The van der Waals surface area contributed by atoms with E-state index in [-0.39, 0.29) is 89.7 Å². The number of carbonyl (C=O) groups is 3. The summed E-state index contributed by atoms with van der Waals surface area (Å²) in [4.78, 5) is 43.6. The van der Waals surface area contributed by atoms with Gasteiger partial charge in [0.25, 0.3) is 6.43 Å². The van der Waals surface area contributed by atoms with Gasteiger partial charge in [-0.25, -0.2) is 8.78 Å². The fraction of sp³-hybridized carbons (Fsp3) is 0.859. The van der Waals surface area contributed by atoms with E-state index in [1.165, 1.54) is 91.2 Å². The molecule has 0 radical (unpaired) electrons. The molecular weight excluding hydrogens is 1190 g/mol. The maximum atomic E-state index is 13.4. The van der Waals surface area contributed by atoms with E-state index in [2.05, 4.69) is 90.1 Å². The van der Waals surface area contributed by atoms with E-state index in [4.69, 9.17) is 11.6 Å². The number of tetrazole rings is 3. The third-order valence-corrected chi connectivity index (χ3v) is 29.2. The van der Waals surface area contributed by atoms with Crippen LogP contribution < -0.4 is 0 Å². The van der Waals surface area contributed by atoms with Gasteiger partial charge in [0.05, 0.1) is 0 Å². The molecule has 18 nitrogen and oxygen atoms in total. The van der Waals surface area contributed by atoms with Crippen molar-refractivity contribution in [2.75, 3.05) is 0 Å². The van der Waals surface area contributed by atoms with Crippen molar-refractivity contribution < 1.29 is 38.5 Å². The predicted octanol–water partition coefficient (Wildman–Crippen LogP) is 10.6. The molecule has 3 aromatic heterocycles. The van der Waals surface area contributed by atoms with Gasteiger partial charge in [0.2, 0.25) is 0 Å². The van der Waals surface area contributed by atoms with E-state index in [1.807, 2.05) is 0 Å². The smallest absolute Gasteiger partial charge is 0.266 e. The number of ketones is 3. The SMILES string of the molecule is C[C@]12CC[C@H]3[C@@H](CC[C@@H]4C[C@](O)(C#CC5CC5)CC[C@@H]43)[C@@H]1CC[C@@H]2C(=O)Cn1ncnn1.C[C@]12CC[C@H]3[C@@H](CC[C@@H]4C[C@](O)(C#CCl)CC[C@@H]43)[C@@H]1CC[C@@H]2C(=O)Cn1ncnn1.C[C@]12CC[C@H]3[C@@H](CC[C@@H]4C[C@](O)(C(F)F)CC[C@@H]43)[C@@H]1CC[C@@H]2C(=O)Cn1ncnn1. The zero-order chi connectivity index (χ0) is 64.0. The topological polar surface area (TPSA) is 243 Å². The van der Waals surface area contributed by atoms with Gasteiger partial charge in [-0.3, -0.25) is 14.4 Å². The second kappa shape index (κ2) is 25.4. The molecule has 92 heavy (non-hydrogen) atoms. The summed E-state index contributed by atoms with van der Waals surface area (Å²) in [5.74, 6) is 20.4. The molecule has 13 aliphatic rings. The number of hydrogen-bond acceptors (Lipinski definition) is 15. The number of carbonyl (C=O) groups excluding carboxylic acids is 3. The molecule has 3 aromatic rings. The van der Waals surface area contributed by atoms with Gasteiger partial charge in [-0.1, -0.05) is 38.5 Å². The molecule has 3 N–H and O–H groups in total. The number of halogens is 3. The lowest BCUT2D eigenvalue weighted by atomic mass is 9.49. The van der Waals surface area contributed by atoms with E-state index in [1.54, 1.807) is 0 Å². The number of fused-ring (bicyclic) bond motifs is 15. The highest BCUT2D eigenvalue weighted by Crippen LogP contribution is 2.68. The number of hydrogen-bond donors (Lipinski definition) is 3. The maximum absolute atomic E-state index is 13.4. The fourth-order valence-corrected chi connectivity index (χ4v) is 24.9. The maximum Gasteiger partial charge on any atom is 0.266 e. The van der Waals surface area contributed by atoms with E-state index >= 15 is 0 Å². The van der Waals surface area contributed by atoms with E-state index in [9.17, 15) is 38.5 Å². The molecule has 13 aliphatic carbocycles. The Morgan fingerprint density at radius 3 is 1.16 bits per heavy atom. The van der Waals surface area contributed by atoms with E-state index in [0.717, 1.165) is 145 Å². The lowest BCUT2D eigenvalue weighted by Crippen LogP contribution is -2.53. The second-order valence-corrected chi connectivity index (χ2v) is 33.3. The largest absolute Gasteiger partial charge is 0.384 e. The molecule has 0 amide bonds. The molecule has 0 saturated heterocycles. The lowest BCUT2D eigenvalue weighted by Gasteiger charge is -2.57. The van der Waals surface area contributed by atoms with Crippen LogP contribution in [0.4, 0.5) is 8.78 Å². The van der Waals surface area contributed by atoms with Gasteiger partial charge < -0.3 is 15.3 Å². The quantitative estimate of drug-likeness (QED) is 0.160. The number of aromatic nitrogens is 12. The minimum atomic E-state index is -2.65. The molecule has 0 bridgehead atoms. The summed E-state index contributed by atoms with van der Waals surface area (Å²) in [6.07, 6.45) is 30.7. The molecule has 21 heteroatoms. The molecule has 24 atom stereocenters. The van der Waals surface area contributed by atoms with Crippen LogP contribution in [0.1, 0.15) is 207 Å². The van der Waals surface area contributed by atoms with Crippen molar-refractivity contribution in [3.05, 3.63) is 19.0 Å². The standard InChI is InChI=1S/C26H36N4O2.C23H31ClN4O2.C22H32F2N4O2/c1-25-11-9-20-19-10-13-26(32,12-8-17-2-3-17)14-18(19)4-5-21(20)22(25)6-7-23(25)24(31)15-30-28-16-27-29-30;1-22-8-6-17-16-7-9-23(30,10-11-24)12-15(16)2-3-18(17)19(22)4-5-20(22)21(29)13-28-26-14-25-27-28;1-21-8-6-15-14-7-9-22(30,20(23)24)10-13(14)2-3-16(15)17(21)4-5-18(21)19(29)11-28-26-12-25-27-28/h16-23,32H,2-7,9-11,13-15H2,1H3;14-20,30H,2-9,12-13H2,1H3;12-18,20,30H,2-11H2,1H3/t18-,19+,20-,21-,22+,23-,25+,26+;15-,16+,17-,18-,19+,20-,22+,23-;13-,14+,15-,16-,17+,18-,21+,22+/m111/s1. The minimum Gasteiger partial charge on any atom is -0.384 e. The third kappa shape index (κ3) is 12.1. The van der Waals surface area contributed by atoms with Crippen LogP contribution in [-0.2, 0) is 34.0 Å². The van der Waals surface area contributed by atoms with Gasteiger partial charge in [-0.2, -0.15) is 14.4 Å². The normalized spacial score (nSPS) is 45.2. The van der Waals surface area contributed by atoms with Crippen molar-refractivity contribution in [3.8, 4) is 23.1 Å². The van der Waals surface area contributed by atoms with Crippen molar-refractivity contribution >= 4 is 29.0 Å². The number of alkyl halides is 2. The Balaban J connectivity index is 0.000000120. The summed E-state index contributed by atoms with van der Waals surface area (Å²) >= 11 is 5.61. The first-order chi connectivity index (χ1) is 44.2. The number of rotatable bonds is 10. The summed E-state index contributed by atoms with van der Waals surface area (Å²) in [6.45, 7) is 7.77. The number of aliphatic hydroxyl groups is 3.